The van der Waals surface area contributed by atoms with E-state index in [-0.39, 0.29) is 11.7 Å². The molecule has 0 aliphatic heterocycles. The number of oxime groups is 1. The van der Waals surface area contributed by atoms with Gasteiger partial charge in [-0.2, -0.15) is 0 Å². The summed E-state index contributed by atoms with van der Waals surface area (Å²) in [6.07, 6.45) is 2.55. The molecular formula is C10H21N3O3. The Kier molecular flexibility index (Phi) is 9.39. The zero-order valence-electron chi connectivity index (χ0n) is 9.74. The highest BCUT2D eigenvalue weighted by molar-refractivity contribution is 5.79. The monoisotopic (exact) mass is 231 g/mol. The minimum atomic E-state index is -0.00255. The summed E-state index contributed by atoms with van der Waals surface area (Å²) in [7, 11) is 0. The topological polar surface area (TPSA) is 96.9 Å². The number of amidine groups is 1. The summed E-state index contributed by atoms with van der Waals surface area (Å²) in [5, 5.41) is 13.9. The molecule has 94 valence electrons. The van der Waals surface area contributed by atoms with E-state index in [1.54, 1.807) is 0 Å². The molecule has 6 heteroatoms. The van der Waals surface area contributed by atoms with Gasteiger partial charge in [0.1, 0.15) is 5.84 Å². The van der Waals surface area contributed by atoms with Crippen LogP contribution in [0.5, 0.6) is 0 Å². The van der Waals surface area contributed by atoms with Gasteiger partial charge in [-0.05, 0) is 19.8 Å². The average molecular weight is 231 g/mol. The molecule has 0 rings (SSSR count). The fourth-order valence-electron chi connectivity index (χ4n) is 1.11. The van der Waals surface area contributed by atoms with Crippen molar-refractivity contribution in [2.45, 2.75) is 32.6 Å². The Morgan fingerprint density at radius 3 is 2.81 bits per heavy atom. The molecular weight excluding hydrogens is 210 g/mol. The van der Waals surface area contributed by atoms with Crippen LogP contribution in [0.1, 0.15) is 32.6 Å². The van der Waals surface area contributed by atoms with Crippen molar-refractivity contribution in [3.05, 3.63) is 0 Å². The van der Waals surface area contributed by atoms with E-state index in [9.17, 15) is 4.79 Å². The van der Waals surface area contributed by atoms with Crippen LogP contribution in [0, 0.1) is 0 Å². The number of nitrogens with zero attached hydrogens (tertiary/aromatic N) is 1. The fraction of sp³-hybridized carbons (Fsp3) is 0.800. The van der Waals surface area contributed by atoms with Gasteiger partial charge in [0.25, 0.3) is 0 Å². The normalized spacial score (nSPS) is 11.4. The molecule has 0 unspecified atom stereocenters. The molecule has 0 aliphatic rings. The number of hydrogen-bond donors (Lipinski definition) is 3. The van der Waals surface area contributed by atoms with Crippen molar-refractivity contribution < 1.29 is 14.7 Å². The smallest absolute Gasteiger partial charge is 0.222 e. The van der Waals surface area contributed by atoms with Crippen molar-refractivity contribution in [3.8, 4) is 0 Å². The number of unbranched alkanes of at least 4 members (excludes halogenated alkanes) is 1. The third-order valence-electron chi connectivity index (χ3n) is 1.99. The second kappa shape index (κ2) is 10.2. The van der Waals surface area contributed by atoms with Crippen LogP contribution in [-0.4, -0.2) is 36.7 Å². The number of carbonyl (C=O) groups excluding carboxylic acids is 1. The Balaban J connectivity index is 3.28. The molecule has 6 nitrogen and oxygen atoms in total. The Morgan fingerprint density at radius 2 is 2.19 bits per heavy atom. The summed E-state index contributed by atoms with van der Waals surface area (Å²) in [5.41, 5.74) is 5.29. The highest BCUT2D eigenvalue weighted by atomic mass is 16.5. The van der Waals surface area contributed by atoms with Crippen LogP contribution < -0.4 is 11.1 Å². The lowest BCUT2D eigenvalue weighted by Crippen LogP contribution is -2.25. The summed E-state index contributed by atoms with van der Waals surface area (Å²) in [5.74, 6) is 0.222. The Hall–Kier alpha value is -1.30. The largest absolute Gasteiger partial charge is 0.409 e. The molecule has 0 atom stereocenters. The first-order valence-corrected chi connectivity index (χ1v) is 5.51. The second-order valence-electron chi connectivity index (χ2n) is 3.35. The van der Waals surface area contributed by atoms with E-state index < -0.39 is 0 Å². The van der Waals surface area contributed by atoms with Gasteiger partial charge in [-0.3, -0.25) is 4.79 Å². The summed E-state index contributed by atoms with van der Waals surface area (Å²) in [6, 6.07) is 0. The van der Waals surface area contributed by atoms with E-state index in [1.165, 1.54) is 0 Å². The van der Waals surface area contributed by atoms with Crippen molar-refractivity contribution in [1.82, 2.24) is 5.32 Å². The highest BCUT2D eigenvalue weighted by Crippen LogP contribution is 1.94. The van der Waals surface area contributed by atoms with Crippen LogP contribution >= 0.6 is 0 Å². The average Bonchev–Trinajstić information content (AvgIpc) is 2.28. The van der Waals surface area contributed by atoms with Crippen molar-refractivity contribution in [2.24, 2.45) is 10.9 Å². The van der Waals surface area contributed by atoms with Crippen LogP contribution in [-0.2, 0) is 9.53 Å². The Bertz CT molecular complexity index is 219. The standard InChI is InChI=1S/C10H21N3O3/c1-2-16-8-6-10(14)12-7-4-3-5-9(11)13-15/h15H,2-8H2,1H3,(H2,11,13)(H,12,14). The van der Waals surface area contributed by atoms with Gasteiger partial charge in [0.15, 0.2) is 0 Å². The van der Waals surface area contributed by atoms with Crippen LogP contribution in [0.2, 0.25) is 0 Å². The van der Waals surface area contributed by atoms with E-state index in [1.807, 2.05) is 6.92 Å². The third kappa shape index (κ3) is 9.26. The maximum absolute atomic E-state index is 11.2. The zero-order valence-corrected chi connectivity index (χ0v) is 9.74. The maximum Gasteiger partial charge on any atom is 0.222 e. The molecule has 0 spiro atoms. The summed E-state index contributed by atoms with van der Waals surface area (Å²) >= 11 is 0. The number of nitrogens with two attached hydrogens (primary N) is 1. The molecule has 0 aromatic heterocycles. The predicted octanol–water partition coefficient (Wildman–Crippen LogP) is 0.446. The number of amides is 1. The molecule has 0 fully saturated rings. The molecule has 0 aromatic rings. The number of carbonyl (C=O) groups is 1. The molecule has 0 saturated heterocycles. The van der Waals surface area contributed by atoms with E-state index in [0.717, 1.165) is 12.8 Å². The Labute approximate surface area is 95.8 Å². The van der Waals surface area contributed by atoms with Crippen LogP contribution in [0.25, 0.3) is 0 Å². The molecule has 0 heterocycles. The molecule has 0 aliphatic carbocycles. The second-order valence-corrected chi connectivity index (χ2v) is 3.35. The molecule has 1 amide bonds. The first kappa shape index (κ1) is 14.7. The number of ether oxygens (including phenoxy) is 1. The summed E-state index contributed by atoms with van der Waals surface area (Å²) < 4.78 is 5.06. The number of hydrogen-bond acceptors (Lipinski definition) is 4. The highest BCUT2D eigenvalue weighted by Gasteiger charge is 2.00. The van der Waals surface area contributed by atoms with Gasteiger partial charge in [0.05, 0.1) is 6.61 Å². The molecule has 0 saturated carbocycles. The van der Waals surface area contributed by atoms with Gasteiger partial charge in [-0.15, -0.1) is 0 Å². The van der Waals surface area contributed by atoms with E-state index in [2.05, 4.69) is 10.5 Å². The maximum atomic E-state index is 11.2. The van der Waals surface area contributed by atoms with E-state index in [4.69, 9.17) is 15.7 Å². The van der Waals surface area contributed by atoms with Gasteiger partial charge in [-0.1, -0.05) is 5.16 Å². The zero-order chi connectivity index (χ0) is 12.2. The lowest BCUT2D eigenvalue weighted by molar-refractivity contribution is -0.122. The van der Waals surface area contributed by atoms with Crippen molar-refractivity contribution in [1.29, 1.82) is 0 Å². The number of nitrogens with one attached hydrogen (secondary N) is 1. The van der Waals surface area contributed by atoms with E-state index in [0.29, 0.717) is 32.6 Å². The van der Waals surface area contributed by atoms with Gasteiger partial charge in [0.2, 0.25) is 5.91 Å². The van der Waals surface area contributed by atoms with E-state index >= 15 is 0 Å². The molecule has 0 aromatic carbocycles. The van der Waals surface area contributed by atoms with Gasteiger partial charge < -0.3 is 21.0 Å². The lowest BCUT2D eigenvalue weighted by Gasteiger charge is -2.04. The lowest BCUT2D eigenvalue weighted by atomic mass is 10.2. The summed E-state index contributed by atoms with van der Waals surface area (Å²) in [6.45, 7) is 3.61. The number of rotatable bonds is 9. The predicted molar refractivity (Wildman–Crippen MR) is 61.4 cm³/mol. The summed E-state index contributed by atoms with van der Waals surface area (Å²) in [4.78, 5) is 11.2. The SMILES string of the molecule is CCOCCC(=O)NCCCCC(N)=NO. The van der Waals surface area contributed by atoms with Gasteiger partial charge in [0, 0.05) is 26.0 Å². The van der Waals surface area contributed by atoms with Crippen LogP contribution in [0.3, 0.4) is 0 Å². The Morgan fingerprint density at radius 1 is 1.44 bits per heavy atom. The van der Waals surface area contributed by atoms with Crippen molar-refractivity contribution in [2.75, 3.05) is 19.8 Å². The minimum absolute atomic E-state index is 0.00255. The first-order chi connectivity index (χ1) is 7.70. The van der Waals surface area contributed by atoms with Crippen LogP contribution in [0.15, 0.2) is 5.16 Å². The molecule has 0 bridgehead atoms. The molecule has 16 heavy (non-hydrogen) atoms. The quantitative estimate of drug-likeness (QED) is 0.176. The van der Waals surface area contributed by atoms with Crippen LogP contribution in [0.4, 0.5) is 0 Å². The van der Waals surface area contributed by atoms with Gasteiger partial charge >= 0.3 is 0 Å². The minimum Gasteiger partial charge on any atom is -0.409 e. The first-order valence-electron chi connectivity index (χ1n) is 5.51. The van der Waals surface area contributed by atoms with Crippen molar-refractivity contribution in [3.63, 3.8) is 0 Å². The van der Waals surface area contributed by atoms with Gasteiger partial charge in [-0.25, -0.2) is 0 Å². The molecule has 4 N–H and O–H groups in total. The fourth-order valence-corrected chi connectivity index (χ4v) is 1.11. The third-order valence-corrected chi connectivity index (χ3v) is 1.99. The molecule has 0 radical (unpaired) electrons. The van der Waals surface area contributed by atoms with Crippen molar-refractivity contribution >= 4 is 11.7 Å².